The van der Waals surface area contributed by atoms with Crippen LogP contribution in [-0.4, -0.2) is 92.5 Å². The SMILES string of the molecule is COCC(=O)N(CC(=O)N1CCN(c2ccc(-c3ccc(OC)c(OC)c3)nn2)CC1)Cc1ccco1. The Labute approximate surface area is 215 Å². The number of aromatic nitrogens is 2. The van der Waals surface area contributed by atoms with Crippen molar-refractivity contribution < 1.29 is 28.2 Å². The number of methoxy groups -OCH3 is 3. The van der Waals surface area contributed by atoms with Crippen molar-refractivity contribution in [3.8, 4) is 22.8 Å². The van der Waals surface area contributed by atoms with Gasteiger partial charge in [-0.05, 0) is 42.5 Å². The van der Waals surface area contributed by atoms with E-state index in [-0.39, 0.29) is 31.5 Å². The number of carbonyl (C=O) groups excluding carboxylic acids is 2. The molecule has 2 aromatic heterocycles. The quantitative estimate of drug-likeness (QED) is 0.406. The van der Waals surface area contributed by atoms with Crippen molar-refractivity contribution in [2.75, 3.05) is 65.6 Å². The molecule has 1 aromatic carbocycles. The lowest BCUT2D eigenvalue weighted by Gasteiger charge is -2.36. The maximum Gasteiger partial charge on any atom is 0.249 e. The topological polar surface area (TPSA) is 110 Å². The molecule has 0 N–H and O–H groups in total. The summed E-state index contributed by atoms with van der Waals surface area (Å²) in [6.45, 7) is 2.34. The first kappa shape index (κ1) is 26.0. The van der Waals surface area contributed by atoms with Gasteiger partial charge in [0, 0.05) is 38.9 Å². The lowest BCUT2D eigenvalue weighted by atomic mass is 10.1. The van der Waals surface area contributed by atoms with E-state index in [2.05, 4.69) is 15.1 Å². The third-order valence-electron chi connectivity index (χ3n) is 6.16. The largest absolute Gasteiger partial charge is 0.493 e. The van der Waals surface area contributed by atoms with Gasteiger partial charge in [-0.3, -0.25) is 9.59 Å². The monoisotopic (exact) mass is 509 g/mol. The zero-order valence-electron chi connectivity index (χ0n) is 21.3. The number of hydrogen-bond donors (Lipinski definition) is 0. The molecule has 1 aliphatic rings. The summed E-state index contributed by atoms with van der Waals surface area (Å²) in [7, 11) is 4.64. The van der Waals surface area contributed by atoms with Crippen LogP contribution in [0.15, 0.2) is 53.1 Å². The van der Waals surface area contributed by atoms with Crippen LogP contribution in [-0.2, 0) is 20.9 Å². The maximum atomic E-state index is 13.0. The molecule has 0 unspecified atom stereocenters. The van der Waals surface area contributed by atoms with Crippen LogP contribution in [0.1, 0.15) is 5.76 Å². The second-order valence-electron chi connectivity index (χ2n) is 8.48. The number of amides is 2. The molecule has 2 amide bonds. The summed E-state index contributed by atoms with van der Waals surface area (Å²) < 4.78 is 21.0. The lowest BCUT2D eigenvalue weighted by Crippen LogP contribution is -2.52. The van der Waals surface area contributed by atoms with E-state index in [1.54, 1.807) is 37.5 Å². The number of nitrogens with zero attached hydrogens (tertiary/aromatic N) is 5. The van der Waals surface area contributed by atoms with Crippen LogP contribution >= 0.6 is 0 Å². The van der Waals surface area contributed by atoms with E-state index in [1.165, 1.54) is 12.0 Å². The van der Waals surface area contributed by atoms with Gasteiger partial charge in [0.1, 0.15) is 18.9 Å². The molecule has 0 saturated carbocycles. The summed E-state index contributed by atoms with van der Waals surface area (Å²) in [5, 5.41) is 8.79. The predicted molar refractivity (Wildman–Crippen MR) is 135 cm³/mol. The Balaban J connectivity index is 1.34. The Morgan fingerprint density at radius 2 is 1.76 bits per heavy atom. The van der Waals surface area contributed by atoms with E-state index >= 15 is 0 Å². The number of anilines is 1. The number of carbonyl (C=O) groups is 2. The predicted octanol–water partition coefficient (Wildman–Crippen LogP) is 2.08. The zero-order valence-corrected chi connectivity index (χ0v) is 21.3. The van der Waals surface area contributed by atoms with E-state index < -0.39 is 0 Å². The highest BCUT2D eigenvalue weighted by Gasteiger charge is 2.26. The van der Waals surface area contributed by atoms with Crippen molar-refractivity contribution in [3.63, 3.8) is 0 Å². The van der Waals surface area contributed by atoms with E-state index in [0.717, 1.165) is 17.1 Å². The Hall–Kier alpha value is -4.12. The summed E-state index contributed by atoms with van der Waals surface area (Å²) in [6.07, 6.45) is 1.54. The Morgan fingerprint density at radius 1 is 0.973 bits per heavy atom. The highest BCUT2D eigenvalue weighted by Crippen LogP contribution is 2.31. The van der Waals surface area contributed by atoms with Gasteiger partial charge in [-0.15, -0.1) is 10.2 Å². The highest BCUT2D eigenvalue weighted by molar-refractivity contribution is 5.85. The molecule has 196 valence electrons. The summed E-state index contributed by atoms with van der Waals surface area (Å²) >= 11 is 0. The van der Waals surface area contributed by atoms with Gasteiger partial charge < -0.3 is 33.3 Å². The number of benzene rings is 1. The molecule has 0 radical (unpaired) electrons. The summed E-state index contributed by atoms with van der Waals surface area (Å²) in [6, 6.07) is 13.0. The third kappa shape index (κ3) is 6.36. The molecule has 37 heavy (non-hydrogen) atoms. The Morgan fingerprint density at radius 3 is 2.38 bits per heavy atom. The molecule has 0 bridgehead atoms. The number of rotatable bonds is 10. The second kappa shape index (κ2) is 12.2. The van der Waals surface area contributed by atoms with E-state index in [0.29, 0.717) is 43.4 Å². The minimum atomic E-state index is -0.268. The third-order valence-corrected chi connectivity index (χ3v) is 6.16. The average molecular weight is 510 g/mol. The van der Waals surface area contributed by atoms with Crippen LogP contribution in [0.25, 0.3) is 11.3 Å². The normalized spacial score (nSPS) is 13.4. The fourth-order valence-electron chi connectivity index (χ4n) is 4.13. The van der Waals surface area contributed by atoms with Crippen LogP contribution in [0.4, 0.5) is 5.82 Å². The molecule has 1 saturated heterocycles. The van der Waals surface area contributed by atoms with Crippen LogP contribution in [0.5, 0.6) is 11.5 Å². The molecule has 11 nitrogen and oxygen atoms in total. The molecule has 3 heterocycles. The number of hydrogen-bond acceptors (Lipinski definition) is 9. The first-order valence-electron chi connectivity index (χ1n) is 11.9. The molecule has 0 spiro atoms. The maximum absolute atomic E-state index is 13.0. The molecule has 3 aromatic rings. The van der Waals surface area contributed by atoms with Gasteiger partial charge in [0.15, 0.2) is 17.3 Å². The first-order chi connectivity index (χ1) is 18.0. The van der Waals surface area contributed by atoms with Crippen molar-refractivity contribution in [2.24, 2.45) is 0 Å². The van der Waals surface area contributed by atoms with Crippen LogP contribution in [0, 0.1) is 0 Å². The Kier molecular flexibility index (Phi) is 8.57. The van der Waals surface area contributed by atoms with Crippen LogP contribution < -0.4 is 14.4 Å². The number of piperazine rings is 1. The number of furan rings is 1. The Bertz CT molecular complexity index is 1180. The molecule has 4 rings (SSSR count). The molecule has 1 fully saturated rings. The smallest absolute Gasteiger partial charge is 0.249 e. The summed E-state index contributed by atoms with van der Waals surface area (Å²) in [5.41, 5.74) is 1.59. The van der Waals surface area contributed by atoms with Crippen molar-refractivity contribution in [1.29, 1.82) is 0 Å². The van der Waals surface area contributed by atoms with Crippen molar-refractivity contribution in [2.45, 2.75) is 6.54 Å². The van der Waals surface area contributed by atoms with Gasteiger partial charge in [-0.2, -0.15) is 0 Å². The molecule has 0 atom stereocenters. The number of ether oxygens (including phenoxy) is 3. The van der Waals surface area contributed by atoms with Crippen LogP contribution in [0.2, 0.25) is 0 Å². The zero-order chi connectivity index (χ0) is 26.2. The van der Waals surface area contributed by atoms with Gasteiger partial charge in [0.2, 0.25) is 11.8 Å². The molecule has 11 heteroatoms. The van der Waals surface area contributed by atoms with Gasteiger partial charge in [-0.1, -0.05) is 0 Å². The first-order valence-corrected chi connectivity index (χ1v) is 11.9. The van der Waals surface area contributed by atoms with Crippen molar-refractivity contribution in [1.82, 2.24) is 20.0 Å². The molecule has 1 aliphatic heterocycles. The molecular formula is C26H31N5O6. The van der Waals surface area contributed by atoms with Gasteiger partial charge >= 0.3 is 0 Å². The van der Waals surface area contributed by atoms with E-state index in [9.17, 15) is 9.59 Å². The van der Waals surface area contributed by atoms with Crippen molar-refractivity contribution >= 4 is 17.6 Å². The molecule has 0 aliphatic carbocycles. The van der Waals surface area contributed by atoms with Crippen molar-refractivity contribution in [3.05, 3.63) is 54.5 Å². The summed E-state index contributed by atoms with van der Waals surface area (Å²) in [4.78, 5) is 30.8. The van der Waals surface area contributed by atoms with Gasteiger partial charge in [0.25, 0.3) is 0 Å². The van der Waals surface area contributed by atoms with Gasteiger partial charge in [-0.25, -0.2) is 0 Å². The van der Waals surface area contributed by atoms with E-state index in [1.807, 2.05) is 30.3 Å². The van der Waals surface area contributed by atoms with Gasteiger partial charge in [0.05, 0.1) is 32.7 Å². The fraction of sp³-hybridized carbons (Fsp3) is 0.385. The standard InChI is InChI=1S/C26H31N5O6/c1-34-18-26(33)31(16-20-5-4-14-37-20)17-25(32)30-12-10-29(11-13-30)24-9-7-21(27-28-24)19-6-8-22(35-2)23(15-19)36-3/h4-9,14-15H,10-13,16-18H2,1-3H3. The minimum absolute atomic E-state index is 0.0390. The fourth-order valence-corrected chi connectivity index (χ4v) is 4.13. The minimum Gasteiger partial charge on any atom is -0.493 e. The van der Waals surface area contributed by atoms with E-state index in [4.69, 9.17) is 18.6 Å². The second-order valence-corrected chi connectivity index (χ2v) is 8.48. The lowest BCUT2D eigenvalue weighted by molar-refractivity contribution is -0.143. The molecular weight excluding hydrogens is 478 g/mol. The van der Waals surface area contributed by atoms with Crippen LogP contribution in [0.3, 0.4) is 0 Å². The summed E-state index contributed by atoms with van der Waals surface area (Å²) in [5.74, 6) is 2.23. The highest BCUT2D eigenvalue weighted by atomic mass is 16.5. The average Bonchev–Trinajstić information content (AvgIpc) is 3.46.